The maximum atomic E-state index is 6.85. The lowest BCUT2D eigenvalue weighted by Gasteiger charge is -2.09. The van der Waals surface area contributed by atoms with Crippen molar-refractivity contribution >= 4 is 12.4 Å². The zero-order valence-electron chi connectivity index (χ0n) is 8.67. The van der Waals surface area contributed by atoms with Crippen molar-refractivity contribution < 1.29 is 0 Å². The first-order valence-corrected chi connectivity index (χ1v) is 4.55. The van der Waals surface area contributed by atoms with Gasteiger partial charge in [0, 0.05) is 18.1 Å². The van der Waals surface area contributed by atoms with Crippen LogP contribution in [-0.4, -0.2) is 12.4 Å². The van der Waals surface area contributed by atoms with Crippen molar-refractivity contribution in [3.63, 3.8) is 0 Å². The van der Waals surface area contributed by atoms with Crippen LogP contribution in [0, 0.1) is 11.3 Å². The third-order valence-electron chi connectivity index (χ3n) is 1.81. The molecule has 0 aliphatic carbocycles. The van der Waals surface area contributed by atoms with Gasteiger partial charge in [-0.25, -0.2) is 0 Å². The molecule has 1 N–H and O–H groups in total. The van der Waals surface area contributed by atoms with Gasteiger partial charge in [0.25, 0.3) is 0 Å². The first-order valence-electron chi connectivity index (χ1n) is 4.55. The number of nitrogens with one attached hydrogen (secondary N) is 1. The van der Waals surface area contributed by atoms with Crippen molar-refractivity contribution in [3.05, 3.63) is 23.9 Å². The maximum absolute atomic E-state index is 6.85. The lowest BCUT2D eigenvalue weighted by atomic mass is 10.0. The summed E-state index contributed by atoms with van der Waals surface area (Å²) in [7, 11) is 0. The summed E-state index contributed by atoms with van der Waals surface area (Å²) in [5, 5.41) is 6.85. The highest BCUT2D eigenvalue weighted by Gasteiger charge is 2.04. The summed E-state index contributed by atoms with van der Waals surface area (Å²) in [6, 6.07) is 0. The molecule has 0 amide bonds. The van der Waals surface area contributed by atoms with Gasteiger partial charge in [-0.1, -0.05) is 33.4 Å². The van der Waals surface area contributed by atoms with Crippen molar-refractivity contribution in [1.82, 2.24) is 0 Å². The molecule has 0 radical (unpaired) electrons. The van der Waals surface area contributed by atoms with Crippen LogP contribution in [-0.2, 0) is 0 Å². The molecule has 0 aliphatic rings. The fourth-order valence-electron chi connectivity index (χ4n) is 1.18. The Morgan fingerprint density at radius 1 is 1.54 bits per heavy atom. The number of aliphatic imine (C=N–C) groups is 1. The Morgan fingerprint density at radius 2 is 2.15 bits per heavy atom. The Balaban J connectivity index is 4.92. The standard InChI is InChI=1S/C11H18N2/c1-5-10(9(3)4)11(6-2)13-8-7-12/h5,7-9,12H,1,6H2,2-4H3/b11-10+,12-7?,13-8?. The summed E-state index contributed by atoms with van der Waals surface area (Å²) in [5.41, 5.74) is 2.19. The van der Waals surface area contributed by atoms with Crippen LogP contribution in [0.1, 0.15) is 27.2 Å². The number of allylic oxidation sites excluding steroid dienone is 3. The predicted molar refractivity (Wildman–Crippen MR) is 59.6 cm³/mol. The molecule has 0 spiro atoms. The van der Waals surface area contributed by atoms with Crippen molar-refractivity contribution in [2.24, 2.45) is 10.9 Å². The Morgan fingerprint density at radius 3 is 2.46 bits per heavy atom. The summed E-state index contributed by atoms with van der Waals surface area (Å²) < 4.78 is 0. The molecule has 0 heterocycles. The number of nitrogens with zero attached hydrogens (tertiary/aromatic N) is 1. The molecule has 0 aromatic heterocycles. The third-order valence-corrected chi connectivity index (χ3v) is 1.81. The highest BCUT2D eigenvalue weighted by atomic mass is 14.7. The molecule has 0 aliphatic heterocycles. The molecule has 0 bridgehead atoms. The van der Waals surface area contributed by atoms with Crippen LogP contribution in [0.25, 0.3) is 0 Å². The van der Waals surface area contributed by atoms with Gasteiger partial charge < -0.3 is 5.41 Å². The zero-order valence-corrected chi connectivity index (χ0v) is 8.67. The molecule has 0 unspecified atom stereocenters. The van der Waals surface area contributed by atoms with E-state index in [-0.39, 0.29) is 0 Å². The second kappa shape index (κ2) is 6.35. The Hall–Kier alpha value is -1.18. The average Bonchev–Trinajstić information content (AvgIpc) is 2.11. The fraction of sp³-hybridized carbons (Fsp3) is 0.455. The van der Waals surface area contributed by atoms with E-state index >= 15 is 0 Å². The van der Waals surface area contributed by atoms with E-state index in [9.17, 15) is 0 Å². The van der Waals surface area contributed by atoms with Gasteiger partial charge in [-0.05, 0) is 17.9 Å². The first-order chi connectivity index (χ1) is 6.17. The van der Waals surface area contributed by atoms with E-state index in [0.717, 1.165) is 12.1 Å². The predicted octanol–water partition coefficient (Wildman–Crippen LogP) is 3.21. The minimum absolute atomic E-state index is 0.440. The van der Waals surface area contributed by atoms with Crippen LogP contribution in [0.5, 0.6) is 0 Å². The van der Waals surface area contributed by atoms with E-state index in [0.29, 0.717) is 5.92 Å². The molecule has 0 saturated heterocycles. The quantitative estimate of drug-likeness (QED) is 0.496. The number of rotatable bonds is 5. The second-order valence-electron chi connectivity index (χ2n) is 3.06. The van der Waals surface area contributed by atoms with Gasteiger partial charge in [0.05, 0.1) is 0 Å². The normalized spacial score (nSPS) is 13.2. The van der Waals surface area contributed by atoms with Gasteiger partial charge in [-0.2, -0.15) is 0 Å². The third kappa shape index (κ3) is 3.83. The van der Waals surface area contributed by atoms with E-state index in [1.165, 1.54) is 18.0 Å². The monoisotopic (exact) mass is 178 g/mol. The molecular formula is C11H18N2. The van der Waals surface area contributed by atoms with Crippen LogP contribution in [0.4, 0.5) is 0 Å². The summed E-state index contributed by atoms with van der Waals surface area (Å²) in [5.74, 6) is 0.440. The van der Waals surface area contributed by atoms with Crippen LogP contribution >= 0.6 is 0 Å². The van der Waals surface area contributed by atoms with Crippen molar-refractivity contribution in [1.29, 1.82) is 5.41 Å². The number of hydrogen-bond acceptors (Lipinski definition) is 2. The number of hydrogen-bond donors (Lipinski definition) is 1. The van der Waals surface area contributed by atoms with Crippen molar-refractivity contribution in [2.45, 2.75) is 27.2 Å². The van der Waals surface area contributed by atoms with Crippen LogP contribution in [0.2, 0.25) is 0 Å². The molecule has 0 aromatic rings. The fourth-order valence-corrected chi connectivity index (χ4v) is 1.18. The summed E-state index contributed by atoms with van der Waals surface area (Å²) in [6.07, 6.45) is 5.43. The summed E-state index contributed by atoms with van der Waals surface area (Å²) in [4.78, 5) is 4.19. The van der Waals surface area contributed by atoms with E-state index in [1.807, 2.05) is 6.08 Å². The molecule has 72 valence electrons. The molecule has 13 heavy (non-hydrogen) atoms. The first kappa shape index (κ1) is 11.8. The largest absolute Gasteiger partial charge is 0.307 e. The SMILES string of the molecule is C=C/C(=C(/CC)N=CC=N)C(C)C. The van der Waals surface area contributed by atoms with Gasteiger partial charge in [0.2, 0.25) is 0 Å². The zero-order chi connectivity index (χ0) is 10.3. The topological polar surface area (TPSA) is 36.2 Å². The smallest absolute Gasteiger partial charge is 0.0447 e. The maximum Gasteiger partial charge on any atom is 0.0447 e. The molecule has 2 nitrogen and oxygen atoms in total. The minimum Gasteiger partial charge on any atom is -0.307 e. The second-order valence-corrected chi connectivity index (χ2v) is 3.06. The van der Waals surface area contributed by atoms with E-state index < -0.39 is 0 Å². The summed E-state index contributed by atoms with van der Waals surface area (Å²) >= 11 is 0. The molecule has 0 atom stereocenters. The molecule has 0 fully saturated rings. The van der Waals surface area contributed by atoms with E-state index in [4.69, 9.17) is 5.41 Å². The molecule has 2 heteroatoms. The highest BCUT2D eigenvalue weighted by molar-refractivity contribution is 6.14. The van der Waals surface area contributed by atoms with Crippen LogP contribution < -0.4 is 0 Å². The van der Waals surface area contributed by atoms with Crippen molar-refractivity contribution in [3.8, 4) is 0 Å². The molecule has 0 aromatic carbocycles. The van der Waals surface area contributed by atoms with Gasteiger partial charge in [-0.3, -0.25) is 4.99 Å². The lowest BCUT2D eigenvalue weighted by molar-refractivity contribution is 0.769. The molecule has 0 saturated carbocycles. The van der Waals surface area contributed by atoms with Gasteiger partial charge in [0.15, 0.2) is 0 Å². The molecular weight excluding hydrogens is 160 g/mol. The summed E-state index contributed by atoms with van der Waals surface area (Å²) in [6.45, 7) is 10.1. The highest BCUT2D eigenvalue weighted by Crippen LogP contribution is 2.18. The van der Waals surface area contributed by atoms with E-state index in [1.54, 1.807) is 0 Å². The average molecular weight is 178 g/mol. The van der Waals surface area contributed by atoms with E-state index in [2.05, 4.69) is 32.3 Å². The lowest BCUT2D eigenvalue weighted by Crippen LogP contribution is -1.95. The van der Waals surface area contributed by atoms with Crippen LogP contribution in [0.3, 0.4) is 0 Å². The Kier molecular flexibility index (Phi) is 5.77. The van der Waals surface area contributed by atoms with Gasteiger partial charge in [0.1, 0.15) is 0 Å². The van der Waals surface area contributed by atoms with Gasteiger partial charge >= 0.3 is 0 Å². The van der Waals surface area contributed by atoms with Gasteiger partial charge in [-0.15, -0.1) is 0 Å². The minimum atomic E-state index is 0.440. The van der Waals surface area contributed by atoms with Crippen molar-refractivity contribution in [2.75, 3.05) is 0 Å². The van der Waals surface area contributed by atoms with Crippen LogP contribution in [0.15, 0.2) is 28.9 Å². The molecule has 0 rings (SSSR count). The Bertz CT molecular complexity index is 234. The Labute approximate surface area is 80.6 Å².